The van der Waals surface area contributed by atoms with Crippen LogP contribution < -0.4 is 9.47 Å². The predicted octanol–water partition coefficient (Wildman–Crippen LogP) is 3.11. The van der Waals surface area contributed by atoms with E-state index in [1.54, 1.807) is 13.2 Å². The van der Waals surface area contributed by atoms with E-state index in [2.05, 4.69) is 0 Å². The highest BCUT2D eigenvalue weighted by molar-refractivity contribution is 5.73. The Hall–Kier alpha value is -1.55. The largest absolute Gasteiger partial charge is 0.493 e. The van der Waals surface area contributed by atoms with Crippen LogP contribution in [0.15, 0.2) is 18.2 Å². The summed E-state index contributed by atoms with van der Waals surface area (Å²) in [5, 5.41) is 0. The van der Waals surface area contributed by atoms with Gasteiger partial charge in [0.05, 0.1) is 13.2 Å². The Morgan fingerprint density at radius 1 is 1.37 bits per heavy atom. The molecule has 2 unspecified atom stereocenters. The maximum atomic E-state index is 11.7. The van der Waals surface area contributed by atoms with Gasteiger partial charge in [-0.05, 0) is 30.5 Å². The summed E-state index contributed by atoms with van der Waals surface area (Å²) in [6.45, 7) is 5.98. The molecular weight excluding hydrogens is 244 g/mol. The van der Waals surface area contributed by atoms with Crippen LogP contribution in [0.4, 0.5) is 0 Å². The Balaban J connectivity index is 2.10. The van der Waals surface area contributed by atoms with Crippen molar-refractivity contribution in [3.63, 3.8) is 0 Å². The van der Waals surface area contributed by atoms with Crippen molar-refractivity contribution in [3.05, 3.63) is 23.8 Å². The molecule has 104 valence electrons. The number of epoxide rings is 1. The zero-order chi connectivity index (χ0) is 14.0. The molecule has 2 rings (SSSR count). The molecule has 0 saturated carbocycles. The molecule has 0 bridgehead atoms. The second-order valence-electron chi connectivity index (χ2n) is 5.24. The quantitative estimate of drug-likeness (QED) is 0.466. The van der Waals surface area contributed by atoms with Crippen molar-refractivity contribution in [1.82, 2.24) is 0 Å². The minimum absolute atomic E-state index is 0.134. The Kier molecular flexibility index (Phi) is 4.10. The van der Waals surface area contributed by atoms with Crippen LogP contribution in [0.3, 0.4) is 0 Å². The smallest absolute Gasteiger partial charge is 0.311 e. The summed E-state index contributed by atoms with van der Waals surface area (Å²) < 4.78 is 16.0. The van der Waals surface area contributed by atoms with Gasteiger partial charge in [0.1, 0.15) is 6.10 Å². The fraction of sp³-hybridized carbons (Fsp3) is 0.533. The normalized spacial score (nSPS) is 21.3. The van der Waals surface area contributed by atoms with Gasteiger partial charge in [0.2, 0.25) is 0 Å². The molecule has 0 aliphatic carbocycles. The lowest BCUT2D eigenvalue weighted by molar-refractivity contribution is -0.135. The molecule has 0 spiro atoms. The number of ether oxygens (including phenoxy) is 3. The summed E-state index contributed by atoms with van der Waals surface area (Å²) in [4.78, 5) is 11.7. The number of carbonyl (C=O) groups is 1. The molecule has 1 saturated heterocycles. The topological polar surface area (TPSA) is 48.1 Å². The first-order valence-corrected chi connectivity index (χ1v) is 6.55. The minimum atomic E-state index is -0.239. The van der Waals surface area contributed by atoms with Crippen molar-refractivity contribution in [2.45, 2.75) is 39.4 Å². The summed E-state index contributed by atoms with van der Waals surface area (Å²) in [6.07, 6.45) is 0.779. The molecule has 1 aliphatic rings. The van der Waals surface area contributed by atoms with Crippen LogP contribution in [0.1, 0.15) is 38.9 Å². The molecule has 1 heterocycles. The van der Waals surface area contributed by atoms with Gasteiger partial charge in [-0.1, -0.05) is 19.9 Å². The summed E-state index contributed by atoms with van der Waals surface area (Å²) in [7, 11) is 1.57. The lowest BCUT2D eigenvalue weighted by atomic mass is 10.1. The summed E-state index contributed by atoms with van der Waals surface area (Å²) in [5.41, 5.74) is 1.05. The maximum Gasteiger partial charge on any atom is 0.311 e. The number of carbonyl (C=O) groups excluding carboxylic acids is 1. The van der Waals surface area contributed by atoms with E-state index >= 15 is 0 Å². The second kappa shape index (κ2) is 5.61. The van der Waals surface area contributed by atoms with Gasteiger partial charge in [-0.3, -0.25) is 4.79 Å². The van der Waals surface area contributed by atoms with Crippen molar-refractivity contribution >= 4 is 5.97 Å². The van der Waals surface area contributed by atoms with Gasteiger partial charge in [-0.2, -0.15) is 0 Å². The molecule has 0 aromatic heterocycles. The predicted molar refractivity (Wildman–Crippen MR) is 71.4 cm³/mol. The zero-order valence-corrected chi connectivity index (χ0v) is 11.8. The van der Waals surface area contributed by atoms with Gasteiger partial charge in [0.25, 0.3) is 0 Å². The van der Waals surface area contributed by atoms with Crippen LogP contribution >= 0.6 is 0 Å². The zero-order valence-electron chi connectivity index (χ0n) is 11.8. The van der Waals surface area contributed by atoms with Crippen molar-refractivity contribution in [3.8, 4) is 11.5 Å². The number of esters is 1. The minimum Gasteiger partial charge on any atom is -0.493 e. The molecule has 4 heteroatoms. The van der Waals surface area contributed by atoms with Crippen LogP contribution in [0.25, 0.3) is 0 Å². The van der Waals surface area contributed by atoms with E-state index in [1.807, 2.05) is 32.9 Å². The van der Waals surface area contributed by atoms with Crippen LogP contribution in [-0.4, -0.2) is 19.2 Å². The first-order chi connectivity index (χ1) is 9.01. The third-order valence-corrected chi connectivity index (χ3v) is 3.03. The van der Waals surface area contributed by atoms with E-state index in [4.69, 9.17) is 14.2 Å². The Bertz CT molecular complexity index is 467. The van der Waals surface area contributed by atoms with E-state index in [0.717, 1.165) is 5.56 Å². The number of hydrogen-bond donors (Lipinski definition) is 0. The molecule has 0 N–H and O–H groups in total. The van der Waals surface area contributed by atoms with E-state index in [0.29, 0.717) is 17.9 Å². The van der Waals surface area contributed by atoms with Crippen molar-refractivity contribution in [1.29, 1.82) is 0 Å². The second-order valence-corrected chi connectivity index (χ2v) is 5.24. The monoisotopic (exact) mass is 264 g/mol. The lowest BCUT2D eigenvalue weighted by Gasteiger charge is -2.11. The van der Waals surface area contributed by atoms with Gasteiger partial charge in [-0.25, -0.2) is 0 Å². The molecule has 1 aliphatic heterocycles. The van der Waals surface area contributed by atoms with Crippen molar-refractivity contribution in [2.24, 2.45) is 5.92 Å². The van der Waals surface area contributed by atoms with E-state index in [9.17, 15) is 4.79 Å². The van der Waals surface area contributed by atoms with Crippen LogP contribution in [0.2, 0.25) is 0 Å². The van der Waals surface area contributed by atoms with Gasteiger partial charge < -0.3 is 14.2 Å². The number of rotatable bonds is 5. The van der Waals surface area contributed by atoms with E-state index in [-0.39, 0.29) is 24.1 Å². The van der Waals surface area contributed by atoms with E-state index < -0.39 is 0 Å². The van der Waals surface area contributed by atoms with Crippen molar-refractivity contribution in [2.75, 3.05) is 7.11 Å². The molecule has 2 atom stereocenters. The molecule has 1 aromatic carbocycles. The van der Waals surface area contributed by atoms with Gasteiger partial charge in [-0.15, -0.1) is 0 Å². The number of benzene rings is 1. The third-order valence-electron chi connectivity index (χ3n) is 3.03. The Morgan fingerprint density at radius 3 is 2.58 bits per heavy atom. The summed E-state index contributed by atoms with van der Waals surface area (Å²) >= 11 is 0. The summed E-state index contributed by atoms with van der Waals surface area (Å²) in [5.74, 6) is 1.07. The SMILES string of the molecule is COc1cc(C2OC2C)ccc1OC(=O)CC(C)C. The molecular formula is C15H20O4. The number of hydrogen-bond acceptors (Lipinski definition) is 4. The molecule has 4 nitrogen and oxygen atoms in total. The first-order valence-electron chi connectivity index (χ1n) is 6.55. The summed E-state index contributed by atoms with van der Waals surface area (Å²) in [6, 6.07) is 5.54. The Labute approximate surface area is 113 Å². The molecule has 1 fully saturated rings. The van der Waals surface area contributed by atoms with Crippen LogP contribution in [-0.2, 0) is 9.53 Å². The fourth-order valence-electron chi connectivity index (χ4n) is 1.98. The van der Waals surface area contributed by atoms with Crippen LogP contribution in [0.5, 0.6) is 11.5 Å². The van der Waals surface area contributed by atoms with Crippen molar-refractivity contribution < 1.29 is 19.0 Å². The average molecular weight is 264 g/mol. The molecule has 0 radical (unpaired) electrons. The molecule has 1 aromatic rings. The molecule has 0 amide bonds. The highest BCUT2D eigenvalue weighted by Gasteiger charge is 2.36. The van der Waals surface area contributed by atoms with Gasteiger partial charge in [0.15, 0.2) is 11.5 Å². The standard InChI is InChI=1S/C15H20O4/c1-9(2)7-14(16)19-12-6-5-11(8-13(12)17-4)15-10(3)18-15/h5-6,8-10,15H,7H2,1-4H3. The van der Waals surface area contributed by atoms with E-state index in [1.165, 1.54) is 0 Å². The lowest BCUT2D eigenvalue weighted by Crippen LogP contribution is -2.11. The van der Waals surface area contributed by atoms with Gasteiger partial charge in [0, 0.05) is 6.42 Å². The average Bonchev–Trinajstić information content (AvgIpc) is 3.05. The highest BCUT2D eigenvalue weighted by Crippen LogP contribution is 2.41. The van der Waals surface area contributed by atoms with Gasteiger partial charge >= 0.3 is 5.97 Å². The van der Waals surface area contributed by atoms with Crippen LogP contribution in [0, 0.1) is 5.92 Å². The molecule has 19 heavy (non-hydrogen) atoms. The highest BCUT2D eigenvalue weighted by atomic mass is 16.6. The Morgan fingerprint density at radius 2 is 2.05 bits per heavy atom. The fourth-order valence-corrected chi connectivity index (χ4v) is 1.98. The first kappa shape index (κ1) is 13.9. The maximum absolute atomic E-state index is 11.7. The number of methoxy groups -OCH3 is 1. The third kappa shape index (κ3) is 3.47.